The molecular weight excluding hydrogens is 405 g/mol. The third-order valence-corrected chi connectivity index (χ3v) is 7.28. The Bertz CT molecular complexity index is 985. The van der Waals surface area contributed by atoms with Crippen LogP contribution >= 0.6 is 11.3 Å². The fourth-order valence-electron chi connectivity index (χ4n) is 2.57. The van der Waals surface area contributed by atoms with Crippen LogP contribution in [0.5, 0.6) is 0 Å². The van der Waals surface area contributed by atoms with Crippen LogP contribution in [-0.2, 0) is 14.8 Å². The number of hydrogen-bond donors (Lipinski definition) is 2. The lowest BCUT2D eigenvalue weighted by atomic mass is 10.1. The van der Waals surface area contributed by atoms with Crippen LogP contribution in [0.3, 0.4) is 0 Å². The van der Waals surface area contributed by atoms with Gasteiger partial charge in [-0.25, -0.2) is 17.1 Å². The van der Waals surface area contributed by atoms with Crippen LogP contribution in [0.2, 0.25) is 0 Å². The lowest BCUT2D eigenvalue weighted by Gasteiger charge is -2.17. The fourth-order valence-corrected chi connectivity index (χ4v) is 4.86. The molecule has 1 aromatic heterocycles. The standard InChI is InChI=1S/C18H22FN3O4S2/c1-11-12(2)27-18(16(11)17(20)24)21-15(23)5-4-10-22(3)28(25,26)14-8-6-13(19)7-9-14/h6-9H,4-5,10H2,1-3H3,(H2,20,24)(H,21,23). The highest BCUT2D eigenvalue weighted by Gasteiger charge is 2.22. The number of nitrogens with zero attached hydrogens (tertiary/aromatic N) is 1. The van der Waals surface area contributed by atoms with Gasteiger partial charge in [0.2, 0.25) is 15.9 Å². The van der Waals surface area contributed by atoms with Gasteiger partial charge in [-0.15, -0.1) is 11.3 Å². The molecule has 0 aliphatic rings. The second-order valence-electron chi connectivity index (χ2n) is 6.28. The topological polar surface area (TPSA) is 110 Å². The van der Waals surface area contributed by atoms with Crippen molar-refractivity contribution in [1.82, 2.24) is 4.31 Å². The molecule has 0 saturated carbocycles. The van der Waals surface area contributed by atoms with E-state index in [-0.39, 0.29) is 30.2 Å². The molecule has 0 bridgehead atoms. The highest BCUT2D eigenvalue weighted by Crippen LogP contribution is 2.32. The van der Waals surface area contributed by atoms with Crippen molar-refractivity contribution in [1.29, 1.82) is 0 Å². The number of aryl methyl sites for hydroxylation is 1. The van der Waals surface area contributed by atoms with Crippen LogP contribution in [0.4, 0.5) is 9.39 Å². The molecular formula is C18H22FN3O4S2. The number of benzene rings is 1. The molecule has 0 saturated heterocycles. The highest BCUT2D eigenvalue weighted by molar-refractivity contribution is 7.89. The summed E-state index contributed by atoms with van der Waals surface area (Å²) in [7, 11) is -2.36. The van der Waals surface area contributed by atoms with Crippen molar-refractivity contribution >= 4 is 38.2 Å². The number of thiophene rings is 1. The summed E-state index contributed by atoms with van der Waals surface area (Å²) < 4.78 is 38.9. The van der Waals surface area contributed by atoms with Gasteiger partial charge < -0.3 is 11.1 Å². The molecule has 1 heterocycles. The van der Waals surface area contributed by atoms with Gasteiger partial charge in [0.25, 0.3) is 5.91 Å². The first-order chi connectivity index (χ1) is 13.0. The summed E-state index contributed by atoms with van der Waals surface area (Å²) in [5.74, 6) is -1.47. The number of nitrogens with one attached hydrogen (secondary N) is 1. The molecule has 0 spiro atoms. The fraction of sp³-hybridized carbons (Fsp3) is 0.333. The molecule has 152 valence electrons. The largest absolute Gasteiger partial charge is 0.365 e. The molecule has 0 aliphatic heterocycles. The van der Waals surface area contributed by atoms with E-state index in [1.165, 1.54) is 30.5 Å². The van der Waals surface area contributed by atoms with E-state index in [0.29, 0.717) is 10.6 Å². The minimum atomic E-state index is -3.76. The van der Waals surface area contributed by atoms with Gasteiger partial charge in [0.1, 0.15) is 10.8 Å². The van der Waals surface area contributed by atoms with Crippen molar-refractivity contribution in [2.45, 2.75) is 31.6 Å². The Hall–Kier alpha value is -2.30. The third-order valence-electron chi connectivity index (χ3n) is 4.28. The zero-order valence-corrected chi connectivity index (χ0v) is 17.4. The monoisotopic (exact) mass is 427 g/mol. The number of primary amides is 1. The summed E-state index contributed by atoms with van der Waals surface area (Å²) >= 11 is 1.27. The van der Waals surface area contributed by atoms with Crippen LogP contribution in [0, 0.1) is 19.7 Å². The quantitative estimate of drug-likeness (QED) is 0.675. The van der Waals surface area contributed by atoms with Gasteiger partial charge in [-0.05, 0) is 50.1 Å². The lowest BCUT2D eigenvalue weighted by molar-refractivity contribution is -0.116. The molecule has 0 atom stereocenters. The number of carbonyl (C=O) groups is 2. The van der Waals surface area contributed by atoms with Crippen LogP contribution in [0.1, 0.15) is 33.6 Å². The Kier molecular flexibility index (Phi) is 6.91. The number of halogens is 1. The number of rotatable bonds is 8. The van der Waals surface area contributed by atoms with Gasteiger partial charge in [0.15, 0.2) is 0 Å². The van der Waals surface area contributed by atoms with Crippen molar-refractivity contribution < 1.29 is 22.4 Å². The number of anilines is 1. The van der Waals surface area contributed by atoms with E-state index >= 15 is 0 Å². The predicted molar refractivity (Wildman–Crippen MR) is 106 cm³/mol. The first-order valence-corrected chi connectivity index (χ1v) is 10.7. The maximum Gasteiger partial charge on any atom is 0.251 e. The molecule has 2 aromatic rings. The zero-order valence-electron chi connectivity index (χ0n) is 15.8. The van der Waals surface area contributed by atoms with Crippen LogP contribution < -0.4 is 11.1 Å². The first-order valence-electron chi connectivity index (χ1n) is 8.45. The average Bonchev–Trinajstić information content (AvgIpc) is 2.88. The SMILES string of the molecule is Cc1sc(NC(=O)CCCN(C)S(=O)(=O)c2ccc(F)cc2)c(C(N)=O)c1C. The maximum atomic E-state index is 13.0. The molecule has 28 heavy (non-hydrogen) atoms. The minimum absolute atomic E-state index is 0.0171. The van der Waals surface area contributed by atoms with Gasteiger partial charge >= 0.3 is 0 Å². The number of carbonyl (C=O) groups excluding carboxylic acids is 2. The number of amides is 2. The Labute approximate surface area is 167 Å². The Balaban J connectivity index is 1.94. The van der Waals surface area contributed by atoms with Crippen molar-refractivity contribution in [3.63, 3.8) is 0 Å². The summed E-state index contributed by atoms with van der Waals surface area (Å²) in [6, 6.07) is 4.55. The van der Waals surface area contributed by atoms with Crippen molar-refractivity contribution in [3.05, 3.63) is 46.1 Å². The maximum absolute atomic E-state index is 13.0. The second-order valence-corrected chi connectivity index (χ2v) is 9.55. The van der Waals surface area contributed by atoms with E-state index in [1.807, 2.05) is 6.92 Å². The van der Waals surface area contributed by atoms with E-state index in [4.69, 9.17) is 5.73 Å². The van der Waals surface area contributed by atoms with Crippen molar-refractivity contribution in [3.8, 4) is 0 Å². The molecule has 0 radical (unpaired) electrons. The average molecular weight is 428 g/mol. The van der Waals surface area contributed by atoms with Crippen molar-refractivity contribution in [2.75, 3.05) is 18.9 Å². The molecule has 7 nitrogen and oxygen atoms in total. The molecule has 0 aliphatic carbocycles. The van der Waals surface area contributed by atoms with Gasteiger partial charge in [0.05, 0.1) is 10.5 Å². The van der Waals surface area contributed by atoms with E-state index in [0.717, 1.165) is 26.9 Å². The van der Waals surface area contributed by atoms with Crippen molar-refractivity contribution in [2.24, 2.45) is 5.73 Å². The highest BCUT2D eigenvalue weighted by atomic mass is 32.2. The smallest absolute Gasteiger partial charge is 0.251 e. The number of hydrogen-bond acceptors (Lipinski definition) is 5. The summed E-state index contributed by atoms with van der Waals surface area (Å²) in [4.78, 5) is 24.6. The Morgan fingerprint density at radius 3 is 2.39 bits per heavy atom. The molecule has 1 aromatic carbocycles. The van der Waals surface area contributed by atoms with Crippen LogP contribution in [0.15, 0.2) is 29.2 Å². The first kappa shape index (κ1) is 22.0. The number of nitrogens with two attached hydrogens (primary N) is 1. The molecule has 2 rings (SSSR count). The van der Waals surface area contributed by atoms with Gasteiger partial charge in [-0.2, -0.15) is 0 Å². The van der Waals surface area contributed by atoms with Gasteiger partial charge in [0, 0.05) is 24.9 Å². The van der Waals surface area contributed by atoms with E-state index in [1.54, 1.807) is 6.92 Å². The van der Waals surface area contributed by atoms with Crippen LogP contribution in [-0.4, -0.2) is 38.1 Å². The van der Waals surface area contributed by atoms with E-state index < -0.39 is 21.7 Å². The minimum Gasteiger partial charge on any atom is -0.365 e. The van der Waals surface area contributed by atoms with Gasteiger partial charge in [-0.1, -0.05) is 0 Å². The Morgan fingerprint density at radius 1 is 1.21 bits per heavy atom. The Morgan fingerprint density at radius 2 is 1.82 bits per heavy atom. The summed E-state index contributed by atoms with van der Waals surface area (Å²) in [5, 5.41) is 3.08. The second kappa shape index (κ2) is 8.80. The van der Waals surface area contributed by atoms with E-state index in [9.17, 15) is 22.4 Å². The molecule has 10 heteroatoms. The van der Waals surface area contributed by atoms with E-state index in [2.05, 4.69) is 5.32 Å². The normalized spacial score (nSPS) is 11.6. The predicted octanol–water partition coefficient (Wildman–Crippen LogP) is 2.64. The summed E-state index contributed by atoms with van der Waals surface area (Å²) in [5.41, 5.74) is 6.41. The molecule has 2 amide bonds. The van der Waals surface area contributed by atoms with Gasteiger partial charge in [-0.3, -0.25) is 9.59 Å². The summed E-state index contributed by atoms with van der Waals surface area (Å²) in [6.07, 6.45) is 0.343. The lowest BCUT2D eigenvalue weighted by Crippen LogP contribution is -2.28. The summed E-state index contributed by atoms with van der Waals surface area (Å²) in [6.45, 7) is 3.70. The third kappa shape index (κ3) is 4.94. The zero-order chi connectivity index (χ0) is 21.1. The van der Waals surface area contributed by atoms with Crippen LogP contribution in [0.25, 0.3) is 0 Å². The molecule has 0 fully saturated rings. The number of sulfonamides is 1. The molecule has 3 N–H and O–H groups in total. The molecule has 0 unspecified atom stereocenters.